The van der Waals surface area contributed by atoms with Crippen LogP contribution in [-0.4, -0.2) is 56.1 Å². The first-order chi connectivity index (χ1) is 16.3. The summed E-state index contributed by atoms with van der Waals surface area (Å²) in [4.78, 5) is 0. The van der Waals surface area contributed by atoms with Crippen LogP contribution in [-0.2, 0) is 14.2 Å². The molecule has 0 amide bonds. The maximum Gasteiger partial charge on any atom is 0.147 e. The van der Waals surface area contributed by atoms with E-state index in [-0.39, 0.29) is 12.2 Å². The molecule has 4 rings (SSSR count). The second-order valence-electron chi connectivity index (χ2n) is 12.8. The Morgan fingerprint density at radius 1 is 0.971 bits per heavy atom. The fourth-order valence-corrected chi connectivity index (χ4v) is 9.82. The Balaban J connectivity index is 1.50. The molecule has 2 N–H and O–H groups in total. The van der Waals surface area contributed by atoms with E-state index in [0.29, 0.717) is 78.9 Å². The van der Waals surface area contributed by atoms with Crippen LogP contribution in [0.5, 0.6) is 0 Å². The van der Waals surface area contributed by atoms with E-state index in [4.69, 9.17) is 14.2 Å². The Morgan fingerprint density at radius 3 is 2.41 bits per heavy atom. The number of ether oxygens (including phenoxy) is 3. The van der Waals surface area contributed by atoms with Gasteiger partial charge in [0.25, 0.3) is 0 Å². The molecule has 4 saturated carbocycles. The lowest BCUT2D eigenvalue weighted by Crippen LogP contribution is -2.62. The van der Waals surface area contributed by atoms with Crippen LogP contribution in [0.2, 0.25) is 0 Å². The van der Waals surface area contributed by atoms with E-state index in [2.05, 4.69) is 27.7 Å². The fourth-order valence-electron chi connectivity index (χ4n) is 9.82. The minimum Gasteiger partial charge on any atom is -0.396 e. The van der Waals surface area contributed by atoms with Crippen LogP contribution in [0.4, 0.5) is 0 Å². The molecule has 0 saturated heterocycles. The number of aliphatic hydroxyl groups excluding tert-OH is 2. The van der Waals surface area contributed by atoms with E-state index in [1.165, 1.54) is 32.1 Å². The van der Waals surface area contributed by atoms with Crippen molar-refractivity contribution in [1.29, 1.82) is 0 Å². The Morgan fingerprint density at radius 2 is 1.71 bits per heavy atom. The molecule has 4 aliphatic carbocycles. The highest BCUT2D eigenvalue weighted by Gasteiger charge is 2.64. The predicted octanol–water partition coefficient (Wildman–Crippen LogP) is 5.28. The van der Waals surface area contributed by atoms with E-state index in [1.807, 2.05) is 0 Å². The van der Waals surface area contributed by atoms with Crippen molar-refractivity contribution in [2.45, 2.75) is 97.7 Å². The summed E-state index contributed by atoms with van der Waals surface area (Å²) >= 11 is 0. The summed E-state index contributed by atoms with van der Waals surface area (Å²) in [6.45, 7) is 11.6. The SMILES string of the molecule is CC[C@H]1[C@@H](O)[C@@H]2[C@H](CC[C@]3(C)[C@@H]([C@H](C)CCO)CC[C@@H]23)C2(C)CC[C@@H](OCOCCOC)C[C@@H]12. The molecular formula is C29H52O5. The lowest BCUT2D eigenvalue weighted by Gasteiger charge is -2.65. The molecule has 0 aliphatic heterocycles. The molecule has 0 spiro atoms. The van der Waals surface area contributed by atoms with E-state index in [1.54, 1.807) is 7.11 Å². The van der Waals surface area contributed by atoms with Crippen LogP contribution in [0.15, 0.2) is 0 Å². The van der Waals surface area contributed by atoms with Crippen LogP contribution in [0, 0.1) is 52.3 Å². The molecule has 1 unspecified atom stereocenters. The Labute approximate surface area is 208 Å². The van der Waals surface area contributed by atoms with Crippen molar-refractivity contribution in [3.63, 3.8) is 0 Å². The van der Waals surface area contributed by atoms with Crippen LogP contribution in [0.1, 0.15) is 85.5 Å². The molecule has 0 heterocycles. The minimum atomic E-state index is -0.193. The zero-order valence-electron chi connectivity index (χ0n) is 22.5. The van der Waals surface area contributed by atoms with Gasteiger partial charge in [0.2, 0.25) is 0 Å². The van der Waals surface area contributed by atoms with Crippen molar-refractivity contribution < 1.29 is 24.4 Å². The number of methoxy groups -OCH3 is 1. The first-order valence-corrected chi connectivity index (χ1v) is 14.3. The maximum absolute atomic E-state index is 11.9. The zero-order chi connectivity index (χ0) is 24.5. The van der Waals surface area contributed by atoms with Gasteiger partial charge in [-0.1, -0.05) is 34.1 Å². The van der Waals surface area contributed by atoms with Gasteiger partial charge < -0.3 is 24.4 Å². The highest BCUT2D eigenvalue weighted by Crippen LogP contribution is 2.69. The number of fused-ring (bicyclic) bond motifs is 5. The zero-order valence-corrected chi connectivity index (χ0v) is 22.5. The van der Waals surface area contributed by atoms with E-state index >= 15 is 0 Å². The lowest BCUT2D eigenvalue weighted by atomic mass is 9.41. The summed E-state index contributed by atoms with van der Waals surface area (Å²) in [6, 6.07) is 0. The van der Waals surface area contributed by atoms with Crippen molar-refractivity contribution in [1.82, 2.24) is 0 Å². The summed E-state index contributed by atoms with van der Waals surface area (Å²) in [5.74, 6) is 3.84. The number of rotatable bonds is 10. The van der Waals surface area contributed by atoms with E-state index in [9.17, 15) is 10.2 Å². The van der Waals surface area contributed by atoms with Gasteiger partial charge in [-0.3, -0.25) is 0 Å². The molecule has 4 fully saturated rings. The van der Waals surface area contributed by atoms with Gasteiger partial charge in [-0.25, -0.2) is 0 Å². The van der Waals surface area contributed by atoms with Gasteiger partial charge in [0.1, 0.15) is 6.79 Å². The third-order valence-electron chi connectivity index (χ3n) is 11.5. The van der Waals surface area contributed by atoms with Gasteiger partial charge in [-0.05, 0) is 104 Å². The normalized spacial score (nSPS) is 47.0. The first-order valence-electron chi connectivity index (χ1n) is 14.3. The largest absolute Gasteiger partial charge is 0.396 e. The number of hydrogen-bond acceptors (Lipinski definition) is 5. The Kier molecular flexibility index (Phi) is 8.72. The molecule has 34 heavy (non-hydrogen) atoms. The van der Waals surface area contributed by atoms with E-state index in [0.717, 1.165) is 25.7 Å². The molecule has 4 aliphatic rings. The van der Waals surface area contributed by atoms with Crippen molar-refractivity contribution in [2.75, 3.05) is 33.7 Å². The van der Waals surface area contributed by atoms with Gasteiger partial charge in [-0.15, -0.1) is 0 Å². The third-order valence-corrected chi connectivity index (χ3v) is 11.5. The summed E-state index contributed by atoms with van der Waals surface area (Å²) in [6.07, 6.45) is 10.5. The average Bonchev–Trinajstić information content (AvgIpc) is 3.17. The highest BCUT2D eigenvalue weighted by molar-refractivity contribution is 5.13. The van der Waals surface area contributed by atoms with Crippen LogP contribution in [0.25, 0.3) is 0 Å². The predicted molar refractivity (Wildman–Crippen MR) is 134 cm³/mol. The molecule has 0 aromatic heterocycles. The smallest absolute Gasteiger partial charge is 0.147 e. The molecule has 0 aromatic carbocycles. The van der Waals surface area contributed by atoms with Gasteiger partial charge in [-0.2, -0.15) is 0 Å². The molecule has 0 aromatic rings. The molecule has 5 heteroatoms. The van der Waals surface area contributed by atoms with Crippen molar-refractivity contribution in [3.05, 3.63) is 0 Å². The monoisotopic (exact) mass is 480 g/mol. The molecule has 198 valence electrons. The van der Waals surface area contributed by atoms with Crippen molar-refractivity contribution in [3.8, 4) is 0 Å². The summed E-state index contributed by atoms with van der Waals surface area (Å²) in [5.41, 5.74) is 0.621. The third kappa shape index (κ3) is 4.62. The van der Waals surface area contributed by atoms with Crippen LogP contribution >= 0.6 is 0 Å². The Bertz CT molecular complexity index is 656. The summed E-state index contributed by atoms with van der Waals surface area (Å²) < 4.78 is 16.8. The van der Waals surface area contributed by atoms with Crippen LogP contribution in [0.3, 0.4) is 0 Å². The molecule has 0 bridgehead atoms. The molecule has 0 radical (unpaired) electrons. The Hall–Kier alpha value is -0.200. The second kappa shape index (κ2) is 11.0. The van der Waals surface area contributed by atoms with E-state index < -0.39 is 0 Å². The van der Waals surface area contributed by atoms with Gasteiger partial charge in [0.15, 0.2) is 0 Å². The molecule has 5 nitrogen and oxygen atoms in total. The molecular weight excluding hydrogens is 428 g/mol. The standard InChI is InChI=1S/C29H52O5/c1-6-21-25-17-20(34-18-33-16-15-32-5)9-12-29(25,4)24-10-13-28(3)22(19(2)11-14-30)7-8-23(28)26(24)27(21)31/h19-27,30-31H,6-18H2,1-5H3/t19-,20-,21-,22-,23+,24+,25+,26+,27-,28-,29?/m1/s1. The van der Waals surface area contributed by atoms with Gasteiger partial charge in [0, 0.05) is 13.7 Å². The maximum atomic E-state index is 11.9. The second-order valence-corrected chi connectivity index (χ2v) is 12.8. The number of hydrogen-bond donors (Lipinski definition) is 2. The lowest BCUT2D eigenvalue weighted by molar-refractivity contribution is -0.213. The molecule has 11 atom stereocenters. The van der Waals surface area contributed by atoms with Crippen molar-refractivity contribution in [2.24, 2.45) is 52.3 Å². The van der Waals surface area contributed by atoms with Crippen LogP contribution < -0.4 is 0 Å². The highest BCUT2D eigenvalue weighted by atomic mass is 16.7. The topological polar surface area (TPSA) is 68.2 Å². The number of aliphatic hydroxyl groups is 2. The first kappa shape index (κ1) is 26.9. The van der Waals surface area contributed by atoms with Gasteiger partial charge in [0.05, 0.1) is 25.4 Å². The van der Waals surface area contributed by atoms with Crippen molar-refractivity contribution >= 4 is 0 Å². The average molecular weight is 481 g/mol. The quantitative estimate of drug-likeness (QED) is 0.329. The fraction of sp³-hybridized carbons (Fsp3) is 1.00. The minimum absolute atomic E-state index is 0.193. The summed E-state index contributed by atoms with van der Waals surface area (Å²) in [5, 5.41) is 21.5. The summed E-state index contributed by atoms with van der Waals surface area (Å²) in [7, 11) is 1.69. The van der Waals surface area contributed by atoms with Gasteiger partial charge >= 0.3 is 0 Å².